The Morgan fingerprint density at radius 1 is 0.270 bits per heavy atom. The summed E-state index contributed by atoms with van der Waals surface area (Å²) in [6.07, 6.45) is 0. The predicted molar refractivity (Wildman–Crippen MR) is 264 cm³/mol. The van der Waals surface area contributed by atoms with Crippen LogP contribution in [0.4, 0.5) is 17.1 Å². The van der Waals surface area contributed by atoms with Crippen molar-refractivity contribution in [2.24, 2.45) is 0 Å². The van der Waals surface area contributed by atoms with Gasteiger partial charge in [-0.25, -0.2) is 0 Å². The first-order valence-corrected chi connectivity index (χ1v) is 21.5. The number of benzene rings is 10. The van der Waals surface area contributed by atoms with Crippen LogP contribution < -0.4 is 4.90 Å². The van der Waals surface area contributed by atoms with Crippen LogP contribution in [0.25, 0.3) is 93.9 Å². The summed E-state index contributed by atoms with van der Waals surface area (Å²) >= 11 is 0. The Hall–Kier alpha value is -8.40. The summed E-state index contributed by atoms with van der Waals surface area (Å²) < 4.78 is 8.50. The van der Waals surface area contributed by atoms with Crippen molar-refractivity contribution in [2.45, 2.75) is 0 Å². The molecular weight excluding hydrogens is 765 g/mol. The third-order valence-corrected chi connectivity index (χ3v) is 12.4. The number of hydrogen-bond donors (Lipinski definition) is 0. The summed E-state index contributed by atoms with van der Waals surface area (Å²) in [5, 5.41) is 4.78. The lowest BCUT2D eigenvalue weighted by molar-refractivity contribution is 0.669. The average Bonchev–Trinajstić information content (AvgIpc) is 3.90. The molecule has 0 radical (unpaired) electrons. The van der Waals surface area contributed by atoms with Gasteiger partial charge < -0.3 is 13.9 Å². The molecule has 2 heterocycles. The molecule has 10 aromatic carbocycles. The zero-order valence-corrected chi connectivity index (χ0v) is 34.4. The Morgan fingerprint density at radius 2 is 0.714 bits per heavy atom. The molecule has 0 bridgehead atoms. The van der Waals surface area contributed by atoms with Crippen LogP contribution in [0.5, 0.6) is 0 Å². The SMILES string of the molecule is c1ccc(-c2ccc(N(c3ccc(-c4cccc(-c5ccc6oc7ccccc7c6c5)c4)cc3)c3ccc(-c4ccc5c6ccccc6n(-c6ccccc6)c5c4)cc3)cc2)cc1. The summed E-state index contributed by atoms with van der Waals surface area (Å²) in [6.45, 7) is 0. The van der Waals surface area contributed by atoms with Crippen molar-refractivity contribution >= 4 is 60.8 Å². The second kappa shape index (κ2) is 15.3. The minimum absolute atomic E-state index is 0.908. The van der Waals surface area contributed by atoms with Gasteiger partial charge in [0, 0.05) is 44.3 Å². The number of rotatable bonds is 8. The van der Waals surface area contributed by atoms with Crippen molar-refractivity contribution in [1.82, 2.24) is 4.57 Å². The van der Waals surface area contributed by atoms with Gasteiger partial charge in [-0.3, -0.25) is 0 Å². The minimum Gasteiger partial charge on any atom is -0.456 e. The maximum atomic E-state index is 6.12. The zero-order chi connectivity index (χ0) is 41.7. The molecule has 0 N–H and O–H groups in total. The number of nitrogens with zero attached hydrogens (tertiary/aromatic N) is 2. The molecule has 296 valence electrons. The van der Waals surface area contributed by atoms with E-state index in [0.717, 1.165) is 50.3 Å². The lowest BCUT2D eigenvalue weighted by Crippen LogP contribution is -2.09. The quantitative estimate of drug-likeness (QED) is 0.153. The Labute approximate surface area is 366 Å². The van der Waals surface area contributed by atoms with E-state index in [2.05, 4.69) is 240 Å². The Kier molecular flexibility index (Phi) is 8.83. The van der Waals surface area contributed by atoms with Crippen molar-refractivity contribution in [1.29, 1.82) is 0 Å². The van der Waals surface area contributed by atoms with Gasteiger partial charge in [0.25, 0.3) is 0 Å². The van der Waals surface area contributed by atoms with Crippen molar-refractivity contribution in [3.05, 3.63) is 243 Å². The van der Waals surface area contributed by atoms with Crippen LogP contribution in [-0.2, 0) is 0 Å². The number of para-hydroxylation sites is 3. The smallest absolute Gasteiger partial charge is 0.135 e. The molecule has 12 rings (SSSR count). The minimum atomic E-state index is 0.908. The highest BCUT2D eigenvalue weighted by Gasteiger charge is 2.17. The topological polar surface area (TPSA) is 21.3 Å². The fraction of sp³-hybridized carbons (Fsp3) is 0. The normalized spacial score (nSPS) is 11.5. The molecule has 0 aliphatic carbocycles. The predicted octanol–water partition coefficient (Wildman–Crippen LogP) is 16.8. The van der Waals surface area contributed by atoms with E-state index in [0.29, 0.717) is 0 Å². The van der Waals surface area contributed by atoms with Gasteiger partial charge in [-0.2, -0.15) is 0 Å². The molecule has 0 aliphatic rings. The average molecular weight is 805 g/mol. The van der Waals surface area contributed by atoms with E-state index in [1.165, 1.54) is 60.8 Å². The number of anilines is 3. The van der Waals surface area contributed by atoms with Crippen molar-refractivity contribution < 1.29 is 4.42 Å². The van der Waals surface area contributed by atoms with Crippen LogP contribution in [0.15, 0.2) is 247 Å². The monoisotopic (exact) mass is 804 g/mol. The molecule has 63 heavy (non-hydrogen) atoms. The summed E-state index contributed by atoms with van der Waals surface area (Å²) in [7, 11) is 0. The van der Waals surface area contributed by atoms with Crippen LogP contribution in [-0.4, -0.2) is 4.57 Å². The van der Waals surface area contributed by atoms with Crippen molar-refractivity contribution in [3.8, 4) is 50.2 Å². The van der Waals surface area contributed by atoms with Crippen LogP contribution >= 0.6 is 0 Å². The highest BCUT2D eigenvalue weighted by atomic mass is 16.3. The fourth-order valence-corrected chi connectivity index (χ4v) is 9.28. The molecule has 3 heteroatoms. The van der Waals surface area contributed by atoms with E-state index >= 15 is 0 Å². The molecule has 0 saturated heterocycles. The molecule has 0 unspecified atom stereocenters. The van der Waals surface area contributed by atoms with Gasteiger partial charge in [-0.05, 0) is 129 Å². The lowest BCUT2D eigenvalue weighted by atomic mass is 9.97. The van der Waals surface area contributed by atoms with Gasteiger partial charge in [0.1, 0.15) is 11.2 Å². The highest BCUT2D eigenvalue weighted by Crippen LogP contribution is 2.40. The number of aromatic nitrogens is 1. The van der Waals surface area contributed by atoms with Crippen molar-refractivity contribution in [2.75, 3.05) is 4.90 Å². The zero-order valence-electron chi connectivity index (χ0n) is 34.4. The molecule has 0 amide bonds. The van der Waals surface area contributed by atoms with Crippen molar-refractivity contribution in [3.63, 3.8) is 0 Å². The first-order valence-electron chi connectivity index (χ1n) is 21.5. The van der Waals surface area contributed by atoms with E-state index in [4.69, 9.17) is 4.42 Å². The van der Waals surface area contributed by atoms with E-state index in [-0.39, 0.29) is 0 Å². The first-order chi connectivity index (χ1) is 31.2. The summed E-state index contributed by atoms with van der Waals surface area (Å²) in [5.74, 6) is 0. The van der Waals surface area contributed by atoms with Gasteiger partial charge in [0.15, 0.2) is 0 Å². The van der Waals surface area contributed by atoms with Gasteiger partial charge in [-0.1, -0.05) is 158 Å². The van der Waals surface area contributed by atoms with Crippen LogP contribution in [0.2, 0.25) is 0 Å². The third-order valence-electron chi connectivity index (χ3n) is 12.4. The Morgan fingerprint density at radius 3 is 1.40 bits per heavy atom. The molecule has 0 fully saturated rings. The number of hydrogen-bond acceptors (Lipinski definition) is 2. The lowest BCUT2D eigenvalue weighted by Gasteiger charge is -2.26. The maximum Gasteiger partial charge on any atom is 0.135 e. The molecule has 0 spiro atoms. The number of fused-ring (bicyclic) bond motifs is 6. The van der Waals surface area contributed by atoms with E-state index in [1.807, 2.05) is 12.1 Å². The van der Waals surface area contributed by atoms with Gasteiger partial charge in [0.2, 0.25) is 0 Å². The maximum absolute atomic E-state index is 6.12. The van der Waals surface area contributed by atoms with Gasteiger partial charge in [-0.15, -0.1) is 0 Å². The summed E-state index contributed by atoms with van der Waals surface area (Å²) in [5.41, 5.74) is 18.0. The fourth-order valence-electron chi connectivity index (χ4n) is 9.28. The van der Waals surface area contributed by atoms with Gasteiger partial charge >= 0.3 is 0 Å². The van der Waals surface area contributed by atoms with Crippen LogP contribution in [0.1, 0.15) is 0 Å². The third kappa shape index (κ3) is 6.55. The van der Waals surface area contributed by atoms with Crippen LogP contribution in [0.3, 0.4) is 0 Å². The largest absolute Gasteiger partial charge is 0.456 e. The first kappa shape index (κ1) is 36.5. The molecular formula is C60H40N2O. The van der Waals surface area contributed by atoms with Gasteiger partial charge in [0.05, 0.1) is 11.0 Å². The second-order valence-corrected chi connectivity index (χ2v) is 16.2. The molecule has 0 saturated carbocycles. The Bertz CT molecular complexity index is 3580. The standard InChI is InChI=1S/C60H40N2O/c1-3-12-41(13-4-1)42-22-30-50(31-23-42)61(51-32-24-43(25-33-51)45-14-11-15-46(38-45)47-29-37-60-56(39-47)55-19-8-10-21-59(55)63-60)52-34-26-44(27-35-52)48-28-36-54-53-18-7-9-20-57(53)62(58(54)40-48)49-16-5-2-6-17-49/h1-40H. The molecule has 0 aliphatic heterocycles. The van der Waals surface area contributed by atoms with Crippen LogP contribution in [0, 0.1) is 0 Å². The Balaban J connectivity index is 0.900. The second-order valence-electron chi connectivity index (χ2n) is 16.2. The molecule has 0 atom stereocenters. The molecule has 2 aromatic heterocycles. The molecule has 12 aromatic rings. The number of furan rings is 1. The molecule has 3 nitrogen and oxygen atoms in total. The highest BCUT2D eigenvalue weighted by molar-refractivity contribution is 6.10. The van der Waals surface area contributed by atoms with E-state index in [1.54, 1.807) is 0 Å². The summed E-state index contributed by atoms with van der Waals surface area (Å²) in [6, 6.07) is 87.2. The van der Waals surface area contributed by atoms with E-state index < -0.39 is 0 Å². The summed E-state index contributed by atoms with van der Waals surface area (Å²) in [4.78, 5) is 2.35. The van der Waals surface area contributed by atoms with E-state index in [9.17, 15) is 0 Å².